The average molecular weight is 204 g/mol. The third-order valence-corrected chi connectivity index (χ3v) is 2.02. The smallest absolute Gasteiger partial charge is 0.0594 e. The molecule has 4 heteroatoms. The topological polar surface area (TPSA) is 47.7 Å². The van der Waals surface area contributed by atoms with E-state index < -0.39 is 0 Å². The van der Waals surface area contributed by atoms with Gasteiger partial charge in [0.15, 0.2) is 0 Å². The molecular weight excluding hydrogens is 180 g/mol. The lowest BCUT2D eigenvalue weighted by molar-refractivity contribution is 0.0832. The first-order valence-electron chi connectivity index (χ1n) is 5.43. The number of ether oxygens (including phenoxy) is 2. The van der Waals surface area contributed by atoms with Gasteiger partial charge < -0.3 is 15.2 Å². The fourth-order valence-corrected chi connectivity index (χ4v) is 1.15. The number of nitrogens with zero attached hydrogens (tertiary/aromatic N) is 1. The van der Waals surface area contributed by atoms with Gasteiger partial charge in [-0.1, -0.05) is 6.92 Å². The van der Waals surface area contributed by atoms with E-state index in [9.17, 15) is 0 Å². The zero-order valence-electron chi connectivity index (χ0n) is 9.50. The SMILES string of the molecule is CCOCCN(CC)CCOCCN. The maximum absolute atomic E-state index is 5.32. The van der Waals surface area contributed by atoms with Crippen LogP contribution in [-0.4, -0.2) is 57.5 Å². The van der Waals surface area contributed by atoms with Crippen molar-refractivity contribution in [2.45, 2.75) is 13.8 Å². The third kappa shape index (κ3) is 8.44. The Morgan fingerprint density at radius 3 is 2.14 bits per heavy atom. The summed E-state index contributed by atoms with van der Waals surface area (Å²) in [5, 5.41) is 0. The zero-order valence-corrected chi connectivity index (χ0v) is 9.50. The van der Waals surface area contributed by atoms with Crippen LogP contribution in [0.15, 0.2) is 0 Å². The van der Waals surface area contributed by atoms with Gasteiger partial charge in [-0.3, -0.25) is 4.90 Å². The molecule has 0 heterocycles. The molecule has 0 aliphatic carbocycles. The summed E-state index contributed by atoms with van der Waals surface area (Å²) in [7, 11) is 0. The minimum absolute atomic E-state index is 0.602. The molecule has 0 aromatic rings. The number of rotatable bonds is 10. The number of nitrogens with two attached hydrogens (primary N) is 1. The van der Waals surface area contributed by atoms with Gasteiger partial charge in [-0.05, 0) is 13.5 Å². The van der Waals surface area contributed by atoms with Crippen molar-refractivity contribution in [2.75, 3.05) is 52.6 Å². The van der Waals surface area contributed by atoms with Crippen LogP contribution in [0.2, 0.25) is 0 Å². The van der Waals surface area contributed by atoms with Crippen molar-refractivity contribution >= 4 is 0 Å². The van der Waals surface area contributed by atoms with Crippen LogP contribution in [0.25, 0.3) is 0 Å². The predicted octanol–water partition coefficient (Wildman–Crippen LogP) is 0.320. The van der Waals surface area contributed by atoms with E-state index in [0.717, 1.165) is 39.5 Å². The van der Waals surface area contributed by atoms with Crippen LogP contribution in [0, 0.1) is 0 Å². The van der Waals surface area contributed by atoms with Gasteiger partial charge in [-0.25, -0.2) is 0 Å². The monoisotopic (exact) mass is 204 g/mol. The van der Waals surface area contributed by atoms with E-state index in [4.69, 9.17) is 15.2 Å². The van der Waals surface area contributed by atoms with E-state index in [-0.39, 0.29) is 0 Å². The molecule has 0 spiro atoms. The van der Waals surface area contributed by atoms with Crippen molar-refractivity contribution in [3.63, 3.8) is 0 Å². The molecule has 0 amide bonds. The van der Waals surface area contributed by atoms with Crippen molar-refractivity contribution in [3.8, 4) is 0 Å². The first-order chi connectivity index (χ1) is 6.85. The first-order valence-corrected chi connectivity index (χ1v) is 5.43. The van der Waals surface area contributed by atoms with Crippen molar-refractivity contribution in [1.82, 2.24) is 4.90 Å². The molecule has 2 N–H and O–H groups in total. The van der Waals surface area contributed by atoms with E-state index >= 15 is 0 Å². The van der Waals surface area contributed by atoms with Gasteiger partial charge in [0.1, 0.15) is 0 Å². The number of hydrogen-bond acceptors (Lipinski definition) is 4. The lowest BCUT2D eigenvalue weighted by Crippen LogP contribution is -2.31. The van der Waals surface area contributed by atoms with Crippen LogP contribution >= 0.6 is 0 Å². The summed E-state index contributed by atoms with van der Waals surface area (Å²) >= 11 is 0. The van der Waals surface area contributed by atoms with Gasteiger partial charge in [0.2, 0.25) is 0 Å². The standard InChI is InChI=1S/C10H24N2O2/c1-3-12(6-9-13-4-2)7-10-14-8-5-11/h3-11H2,1-2H3. The maximum Gasteiger partial charge on any atom is 0.0594 e. The molecule has 0 aliphatic rings. The largest absolute Gasteiger partial charge is 0.380 e. The predicted molar refractivity (Wildman–Crippen MR) is 58.5 cm³/mol. The van der Waals surface area contributed by atoms with Crippen LogP contribution in [0.1, 0.15) is 13.8 Å². The fraction of sp³-hybridized carbons (Fsp3) is 1.00. The molecule has 0 unspecified atom stereocenters. The highest BCUT2D eigenvalue weighted by Gasteiger charge is 2.00. The van der Waals surface area contributed by atoms with Gasteiger partial charge in [0, 0.05) is 26.2 Å². The molecule has 0 aromatic heterocycles. The molecular formula is C10H24N2O2. The Morgan fingerprint density at radius 2 is 1.64 bits per heavy atom. The van der Waals surface area contributed by atoms with Crippen LogP contribution in [0.5, 0.6) is 0 Å². The molecule has 0 radical (unpaired) electrons. The highest BCUT2D eigenvalue weighted by atomic mass is 16.5. The highest BCUT2D eigenvalue weighted by molar-refractivity contribution is 4.53. The fourth-order valence-electron chi connectivity index (χ4n) is 1.15. The van der Waals surface area contributed by atoms with Crippen LogP contribution < -0.4 is 5.73 Å². The van der Waals surface area contributed by atoms with Gasteiger partial charge >= 0.3 is 0 Å². The maximum atomic E-state index is 5.32. The van der Waals surface area contributed by atoms with Gasteiger partial charge in [-0.15, -0.1) is 0 Å². The van der Waals surface area contributed by atoms with Gasteiger partial charge in [0.05, 0.1) is 19.8 Å². The zero-order chi connectivity index (χ0) is 10.6. The third-order valence-electron chi connectivity index (χ3n) is 2.02. The second-order valence-electron chi connectivity index (χ2n) is 3.03. The Balaban J connectivity index is 3.28. The second kappa shape index (κ2) is 10.9. The Morgan fingerprint density at radius 1 is 1.00 bits per heavy atom. The van der Waals surface area contributed by atoms with Gasteiger partial charge in [-0.2, -0.15) is 0 Å². The average Bonchev–Trinajstić information content (AvgIpc) is 2.22. The molecule has 0 atom stereocenters. The van der Waals surface area contributed by atoms with E-state index in [1.165, 1.54) is 0 Å². The Kier molecular flexibility index (Phi) is 10.8. The molecule has 0 saturated carbocycles. The van der Waals surface area contributed by atoms with Crippen LogP contribution in [-0.2, 0) is 9.47 Å². The highest BCUT2D eigenvalue weighted by Crippen LogP contribution is 1.88. The Hall–Kier alpha value is -0.160. The summed E-state index contributed by atoms with van der Waals surface area (Å²) in [5.41, 5.74) is 5.32. The second-order valence-corrected chi connectivity index (χ2v) is 3.03. The summed E-state index contributed by atoms with van der Waals surface area (Å²) in [6.45, 7) is 10.8. The molecule has 0 fully saturated rings. The van der Waals surface area contributed by atoms with E-state index in [1.54, 1.807) is 0 Å². The Labute approximate surface area is 87.4 Å². The van der Waals surface area contributed by atoms with Gasteiger partial charge in [0.25, 0.3) is 0 Å². The summed E-state index contributed by atoms with van der Waals surface area (Å²) in [5.74, 6) is 0. The summed E-state index contributed by atoms with van der Waals surface area (Å²) in [6, 6.07) is 0. The minimum Gasteiger partial charge on any atom is -0.380 e. The molecule has 86 valence electrons. The lowest BCUT2D eigenvalue weighted by Gasteiger charge is -2.19. The molecule has 4 nitrogen and oxygen atoms in total. The van der Waals surface area contributed by atoms with E-state index in [0.29, 0.717) is 13.2 Å². The van der Waals surface area contributed by atoms with Crippen LogP contribution in [0.4, 0.5) is 0 Å². The molecule has 0 saturated heterocycles. The van der Waals surface area contributed by atoms with E-state index in [1.807, 2.05) is 6.92 Å². The molecule has 0 bridgehead atoms. The lowest BCUT2D eigenvalue weighted by atomic mass is 10.5. The molecule has 0 aliphatic heterocycles. The number of hydrogen-bond donors (Lipinski definition) is 1. The van der Waals surface area contributed by atoms with Crippen LogP contribution in [0.3, 0.4) is 0 Å². The van der Waals surface area contributed by atoms with Crippen molar-refractivity contribution in [2.24, 2.45) is 5.73 Å². The molecule has 0 rings (SSSR count). The summed E-state index contributed by atoms with van der Waals surface area (Å²) < 4.78 is 10.6. The Bertz CT molecular complexity index is 112. The first kappa shape index (κ1) is 13.8. The summed E-state index contributed by atoms with van der Waals surface area (Å²) in [6.07, 6.45) is 0. The summed E-state index contributed by atoms with van der Waals surface area (Å²) in [4.78, 5) is 2.31. The quantitative estimate of drug-likeness (QED) is 0.521. The normalized spacial score (nSPS) is 11.1. The number of likely N-dealkylation sites (N-methyl/N-ethyl adjacent to an activating group) is 1. The minimum atomic E-state index is 0.602. The van der Waals surface area contributed by atoms with E-state index in [2.05, 4.69) is 11.8 Å². The van der Waals surface area contributed by atoms with Crippen molar-refractivity contribution in [1.29, 1.82) is 0 Å². The van der Waals surface area contributed by atoms with Crippen molar-refractivity contribution in [3.05, 3.63) is 0 Å². The molecule has 0 aromatic carbocycles. The molecule has 14 heavy (non-hydrogen) atoms. The van der Waals surface area contributed by atoms with Crippen molar-refractivity contribution < 1.29 is 9.47 Å².